The van der Waals surface area contributed by atoms with Crippen LogP contribution in [-0.2, 0) is 0 Å². The summed E-state index contributed by atoms with van der Waals surface area (Å²) in [6.45, 7) is 0. The van der Waals surface area contributed by atoms with E-state index in [4.69, 9.17) is 5.11 Å². The maximum atomic E-state index is 10.9. The molecule has 1 aromatic carbocycles. The van der Waals surface area contributed by atoms with Crippen molar-refractivity contribution in [3.05, 3.63) is 51.6 Å². The number of aromatic hydroxyl groups is 2. The Hall–Kier alpha value is -4.20. The van der Waals surface area contributed by atoms with Crippen molar-refractivity contribution in [3.8, 4) is 17.6 Å². The van der Waals surface area contributed by atoms with Gasteiger partial charge in [-0.15, -0.1) is 0 Å². The second-order valence-corrected chi connectivity index (χ2v) is 4.55. The number of carboxylic acid groups (broad SMARTS) is 1. The number of hydrogen-bond acceptors (Lipinski definition) is 9. The number of nitriles is 1. The van der Waals surface area contributed by atoms with Crippen LogP contribution in [0.2, 0.25) is 0 Å². The molecule has 1 aromatic heterocycles. The molecule has 0 aliphatic rings. The van der Waals surface area contributed by atoms with Crippen molar-refractivity contribution in [1.82, 2.24) is 9.97 Å². The van der Waals surface area contributed by atoms with Gasteiger partial charge in [-0.05, 0) is 6.07 Å². The zero-order valence-electron chi connectivity index (χ0n) is 12.1. The van der Waals surface area contributed by atoms with E-state index in [0.717, 1.165) is 24.5 Å². The third-order valence-corrected chi connectivity index (χ3v) is 3.02. The van der Waals surface area contributed by atoms with E-state index in [1.807, 2.05) is 0 Å². The van der Waals surface area contributed by atoms with Gasteiger partial charge in [0, 0.05) is 11.6 Å². The highest BCUT2D eigenvalue weighted by Crippen LogP contribution is 2.38. The largest absolute Gasteiger partial charge is 0.506 e. The van der Waals surface area contributed by atoms with Crippen LogP contribution in [0.5, 0.6) is 11.5 Å². The Labute approximate surface area is 138 Å². The minimum Gasteiger partial charge on any atom is -0.506 e. The van der Waals surface area contributed by atoms with E-state index in [-0.39, 0.29) is 11.3 Å². The third kappa shape index (κ3) is 3.27. The average molecular weight is 344 g/mol. The van der Waals surface area contributed by atoms with Gasteiger partial charge in [0.05, 0.1) is 17.3 Å². The molecule has 11 heteroatoms. The minimum absolute atomic E-state index is 0.194. The number of nitrogens with zero attached hydrogens (tertiary/aromatic N) is 4. The Morgan fingerprint density at radius 1 is 1.16 bits per heavy atom. The SMILES string of the molecule is N#C/C(=C(/O)c1cc(O)c(O)c([N+](=O)[O-])c1)c1cnc(C(=O)O)cn1. The Morgan fingerprint density at radius 2 is 1.76 bits per heavy atom. The standard InChI is InChI=1S/C14H8N4O7/c15-3-7(8-4-17-9(5-16-8)14(22)23)12(20)6-1-10(18(24)25)13(21)11(19)2-6/h1-2,4-5,19-21H,(H,22,23)/b12-7-. The summed E-state index contributed by atoms with van der Waals surface area (Å²) < 4.78 is 0. The highest BCUT2D eigenvalue weighted by molar-refractivity contribution is 5.94. The summed E-state index contributed by atoms with van der Waals surface area (Å²) >= 11 is 0. The van der Waals surface area contributed by atoms with Crippen LogP contribution in [0.25, 0.3) is 11.3 Å². The second-order valence-electron chi connectivity index (χ2n) is 4.55. The van der Waals surface area contributed by atoms with Gasteiger partial charge in [-0.1, -0.05) is 0 Å². The van der Waals surface area contributed by atoms with Crippen molar-refractivity contribution >= 4 is 23.0 Å². The highest BCUT2D eigenvalue weighted by Gasteiger charge is 2.22. The van der Waals surface area contributed by atoms with E-state index in [1.165, 1.54) is 0 Å². The molecule has 0 fully saturated rings. The van der Waals surface area contributed by atoms with Crippen molar-refractivity contribution in [1.29, 1.82) is 5.26 Å². The predicted molar refractivity (Wildman–Crippen MR) is 80.5 cm³/mol. The van der Waals surface area contributed by atoms with E-state index in [0.29, 0.717) is 0 Å². The van der Waals surface area contributed by atoms with E-state index in [1.54, 1.807) is 6.07 Å². The van der Waals surface area contributed by atoms with Crippen LogP contribution in [0.3, 0.4) is 0 Å². The summed E-state index contributed by atoms with van der Waals surface area (Å²) in [4.78, 5) is 27.8. The predicted octanol–water partition coefficient (Wildman–Crippen LogP) is 1.44. The van der Waals surface area contributed by atoms with Gasteiger partial charge in [-0.25, -0.2) is 9.78 Å². The van der Waals surface area contributed by atoms with Crippen LogP contribution < -0.4 is 0 Å². The molecule has 2 rings (SSSR count). The van der Waals surface area contributed by atoms with Crippen LogP contribution in [0.4, 0.5) is 5.69 Å². The molecule has 0 radical (unpaired) electrons. The topological polar surface area (TPSA) is 191 Å². The zero-order chi connectivity index (χ0) is 18.7. The maximum absolute atomic E-state index is 10.9. The van der Waals surface area contributed by atoms with Gasteiger partial charge in [0.2, 0.25) is 5.75 Å². The zero-order valence-corrected chi connectivity index (χ0v) is 12.1. The summed E-state index contributed by atoms with van der Waals surface area (Å²) in [5, 5.41) is 58.0. The number of aromatic nitrogens is 2. The highest BCUT2D eigenvalue weighted by atomic mass is 16.6. The number of nitro benzene ring substituents is 1. The van der Waals surface area contributed by atoms with Gasteiger partial charge < -0.3 is 20.4 Å². The molecule has 0 saturated carbocycles. The number of benzene rings is 1. The molecule has 0 aliphatic carbocycles. The quantitative estimate of drug-likeness (QED) is 0.207. The van der Waals surface area contributed by atoms with Crippen LogP contribution >= 0.6 is 0 Å². The summed E-state index contributed by atoms with van der Waals surface area (Å²) in [7, 11) is 0. The first-order chi connectivity index (χ1) is 11.8. The van der Waals surface area contributed by atoms with Crippen LogP contribution in [0.1, 0.15) is 21.7 Å². The molecule has 4 N–H and O–H groups in total. The molecule has 0 aliphatic heterocycles. The summed E-state index contributed by atoms with van der Waals surface area (Å²) in [5.41, 5.74) is -2.27. The smallest absolute Gasteiger partial charge is 0.356 e. The van der Waals surface area contributed by atoms with E-state index < -0.39 is 45.1 Å². The van der Waals surface area contributed by atoms with Gasteiger partial charge in [0.15, 0.2) is 11.4 Å². The summed E-state index contributed by atoms with van der Waals surface area (Å²) in [6.07, 6.45) is 1.78. The number of phenolic OH excluding ortho intramolecular Hbond substituents is 2. The first kappa shape index (κ1) is 17.2. The molecule has 0 saturated heterocycles. The molecule has 11 nitrogen and oxygen atoms in total. The number of aromatic carboxylic acids is 1. The Bertz CT molecular complexity index is 945. The molecule has 126 valence electrons. The lowest BCUT2D eigenvalue weighted by Crippen LogP contribution is -2.03. The number of aliphatic hydroxyl groups is 1. The molecule has 0 spiro atoms. The molecule has 0 unspecified atom stereocenters. The number of carbonyl (C=O) groups is 1. The maximum Gasteiger partial charge on any atom is 0.356 e. The fourth-order valence-electron chi connectivity index (χ4n) is 1.82. The number of rotatable bonds is 4. The number of nitro groups is 1. The van der Waals surface area contributed by atoms with E-state index >= 15 is 0 Å². The molecule has 0 amide bonds. The van der Waals surface area contributed by atoms with Gasteiger partial charge >= 0.3 is 11.7 Å². The normalized spacial score (nSPS) is 11.3. The number of allylic oxidation sites excluding steroid dienone is 1. The summed E-state index contributed by atoms with van der Waals surface area (Å²) in [5.74, 6) is -3.99. The second kappa shape index (κ2) is 6.50. The van der Waals surface area contributed by atoms with Crippen molar-refractivity contribution in [2.45, 2.75) is 0 Å². The Balaban J connectivity index is 2.61. The Morgan fingerprint density at radius 3 is 2.24 bits per heavy atom. The van der Waals surface area contributed by atoms with Crippen LogP contribution in [0, 0.1) is 21.4 Å². The molecule has 2 aromatic rings. The fourth-order valence-corrected chi connectivity index (χ4v) is 1.82. The van der Waals surface area contributed by atoms with Crippen molar-refractivity contribution < 1.29 is 30.1 Å². The van der Waals surface area contributed by atoms with Crippen molar-refractivity contribution in [3.63, 3.8) is 0 Å². The van der Waals surface area contributed by atoms with Gasteiger partial charge in [-0.3, -0.25) is 15.1 Å². The minimum atomic E-state index is -1.34. The lowest BCUT2D eigenvalue weighted by molar-refractivity contribution is -0.386. The summed E-state index contributed by atoms with van der Waals surface area (Å²) in [6, 6.07) is 3.18. The van der Waals surface area contributed by atoms with Crippen molar-refractivity contribution in [2.75, 3.05) is 0 Å². The van der Waals surface area contributed by atoms with Gasteiger partial charge in [0.1, 0.15) is 23.1 Å². The Kier molecular flexibility index (Phi) is 4.46. The first-order valence-electron chi connectivity index (χ1n) is 6.36. The van der Waals surface area contributed by atoms with Gasteiger partial charge in [0.25, 0.3) is 0 Å². The van der Waals surface area contributed by atoms with E-state index in [9.17, 15) is 35.5 Å². The molecule has 1 heterocycles. The fraction of sp³-hybridized carbons (Fsp3) is 0. The van der Waals surface area contributed by atoms with Gasteiger partial charge in [-0.2, -0.15) is 5.26 Å². The van der Waals surface area contributed by atoms with Crippen molar-refractivity contribution in [2.24, 2.45) is 0 Å². The van der Waals surface area contributed by atoms with Crippen LogP contribution in [0.15, 0.2) is 24.5 Å². The molecule has 0 atom stereocenters. The molecule has 25 heavy (non-hydrogen) atoms. The number of phenols is 2. The average Bonchev–Trinajstić information content (AvgIpc) is 2.57. The lowest BCUT2D eigenvalue weighted by Gasteiger charge is -2.06. The number of hydrogen-bond donors (Lipinski definition) is 4. The number of carboxylic acids is 1. The van der Waals surface area contributed by atoms with Crippen LogP contribution in [-0.4, -0.2) is 41.3 Å². The third-order valence-electron chi connectivity index (χ3n) is 3.02. The first-order valence-corrected chi connectivity index (χ1v) is 6.36. The van der Waals surface area contributed by atoms with E-state index in [2.05, 4.69) is 9.97 Å². The molecular formula is C14H8N4O7. The lowest BCUT2D eigenvalue weighted by atomic mass is 10.1. The molecule has 0 bridgehead atoms. The molecular weight excluding hydrogens is 336 g/mol. The number of aliphatic hydroxyl groups excluding tert-OH is 1. The monoisotopic (exact) mass is 344 g/mol.